The predicted molar refractivity (Wildman–Crippen MR) is 423 cm³/mol. The van der Waals surface area contributed by atoms with Crippen LogP contribution in [0.1, 0.15) is 119 Å². The Bertz CT molecular complexity index is 4780. The number of ether oxygens (including phenoxy) is 7. The van der Waals surface area contributed by atoms with E-state index in [0.29, 0.717) is 52.0 Å². The van der Waals surface area contributed by atoms with E-state index in [4.69, 9.17) is 67.5 Å². The Labute approximate surface area is 664 Å². The van der Waals surface area contributed by atoms with Gasteiger partial charge in [0.05, 0.1) is 120 Å². The zero-order valence-corrected chi connectivity index (χ0v) is 66.9. The van der Waals surface area contributed by atoms with Gasteiger partial charge >= 0.3 is 29.6 Å². The molecule has 20 heteroatoms. The van der Waals surface area contributed by atoms with E-state index in [2.05, 4.69) is 85.8 Å². The van der Waals surface area contributed by atoms with E-state index < -0.39 is 20.9 Å². The van der Waals surface area contributed by atoms with Crippen molar-refractivity contribution in [3.8, 4) is 45.5 Å². The molecule has 109 heavy (non-hydrogen) atoms. The van der Waals surface area contributed by atoms with Crippen molar-refractivity contribution in [1.29, 1.82) is 0 Å². The number of benzene rings is 9. The van der Waals surface area contributed by atoms with Crippen LogP contribution in [-0.2, 0) is 39.3 Å². The fraction of sp³-hybridized carbons (Fsp3) is 0.348. The molecule has 2 aliphatic carbocycles. The Morgan fingerprint density at radius 1 is 0.413 bits per heavy atom. The van der Waals surface area contributed by atoms with Gasteiger partial charge in [-0.05, 0) is 144 Å². The molecule has 18 nitrogen and oxygen atoms in total. The van der Waals surface area contributed by atoms with Gasteiger partial charge in [0.15, 0.2) is 0 Å². The van der Waals surface area contributed by atoms with Crippen molar-refractivity contribution in [3.05, 3.63) is 269 Å². The van der Waals surface area contributed by atoms with Gasteiger partial charge in [-0.15, -0.1) is 0 Å². The van der Waals surface area contributed by atoms with Crippen molar-refractivity contribution in [2.45, 2.75) is 90.4 Å². The number of aliphatic hydroxyl groups is 4. The molecule has 1 fully saturated rings. The van der Waals surface area contributed by atoms with Crippen LogP contribution < -0.4 is 48.5 Å². The van der Waals surface area contributed by atoms with E-state index >= 15 is 0 Å². The second kappa shape index (κ2) is 37.9. The Kier molecular flexibility index (Phi) is 28.9. The normalized spacial score (nSPS) is 14.6. The van der Waals surface area contributed by atoms with Crippen LogP contribution in [0.4, 0.5) is 0 Å². The molecule has 0 spiro atoms. The molecule has 2 aromatic heterocycles. The third-order valence-electron chi connectivity index (χ3n) is 19.1. The van der Waals surface area contributed by atoms with Gasteiger partial charge in [-0.1, -0.05) is 187 Å². The molecular weight excluding hydrogens is 1400 g/mol. The van der Waals surface area contributed by atoms with Gasteiger partial charge in [-0.3, -0.25) is 4.18 Å². The third-order valence-corrected chi connectivity index (χ3v) is 20.4. The van der Waals surface area contributed by atoms with Crippen molar-refractivity contribution in [2.24, 2.45) is 16.2 Å². The van der Waals surface area contributed by atoms with E-state index in [1.54, 1.807) is 38.1 Å². The monoisotopic (exact) mass is 1500 g/mol. The molecule has 3 heterocycles. The number of rotatable bonds is 29. The number of para-hydroxylation sites is 4. The summed E-state index contributed by atoms with van der Waals surface area (Å²) in [6.07, 6.45) is 3.48. The molecule has 14 rings (SSSR count). The molecule has 1 saturated heterocycles. The SMILES string of the molecule is C1CCOC1.CC(C)(CO)CO.CC(C)(CO)COCCOc1ccc(C2(c3ccc(OCCOCC(C)(C)CO)cc3)c3ccccc3-c3nc4ccccc4nc32)cc1.CCCOc1ccc(C2(c3ccc(OCCOS(=O)(=O)c4ccc(C)cc4)cc3)c3ccccc3-c3nc4ccccc4nc32)cc1.[H-].[Na+]. The van der Waals surface area contributed by atoms with Crippen molar-refractivity contribution in [3.63, 3.8) is 0 Å². The molecule has 3 aliphatic rings. The minimum atomic E-state index is -3.87. The molecule has 1 atom stereocenters. The van der Waals surface area contributed by atoms with Crippen LogP contribution in [-0.4, -0.2) is 148 Å². The van der Waals surface area contributed by atoms with Gasteiger partial charge in [0, 0.05) is 40.6 Å². The van der Waals surface area contributed by atoms with Gasteiger partial charge in [-0.2, -0.15) is 8.42 Å². The third kappa shape index (κ3) is 19.8. The van der Waals surface area contributed by atoms with Gasteiger partial charge in [0.2, 0.25) is 0 Å². The molecule has 9 aromatic carbocycles. The van der Waals surface area contributed by atoms with E-state index in [1.807, 2.05) is 150 Å². The zero-order chi connectivity index (χ0) is 76.4. The second-order valence-electron chi connectivity index (χ2n) is 29.5. The average molecular weight is 1510 g/mol. The minimum absolute atomic E-state index is 0. The summed E-state index contributed by atoms with van der Waals surface area (Å²) >= 11 is 0. The van der Waals surface area contributed by atoms with Crippen LogP contribution in [0.3, 0.4) is 0 Å². The maximum atomic E-state index is 12.6. The van der Waals surface area contributed by atoms with Gasteiger partial charge in [0.1, 0.15) is 49.4 Å². The first-order valence-corrected chi connectivity index (χ1v) is 38.4. The predicted octanol–water partition coefficient (Wildman–Crippen LogP) is 12.6. The molecule has 0 amide bonds. The number of aromatic nitrogens is 4. The summed E-state index contributed by atoms with van der Waals surface area (Å²) in [6.45, 7) is 20.9. The number of aryl methyl sites for hydroxylation is 1. The first kappa shape index (κ1) is 83.0. The van der Waals surface area contributed by atoms with Crippen molar-refractivity contribution < 1.29 is 97.2 Å². The average Bonchev–Trinajstić information content (AvgIpc) is 1.54. The first-order chi connectivity index (χ1) is 52.2. The summed E-state index contributed by atoms with van der Waals surface area (Å²) in [5, 5.41) is 35.8. The van der Waals surface area contributed by atoms with Crippen LogP contribution in [0.5, 0.6) is 23.0 Å². The topological polar surface area (TPSA) is 240 Å². The van der Waals surface area contributed by atoms with Crippen LogP contribution in [0.15, 0.2) is 223 Å². The molecule has 4 N–H and O–H groups in total. The van der Waals surface area contributed by atoms with E-state index in [-0.39, 0.29) is 91.8 Å². The standard InChI is InChI=1S/C41H46N2O6.C39H34N2O5S.C5H12O2.C4H8O.Na.H/c1-39(2,25-44)27-46-21-23-48-31-17-13-29(14-18-31)41(30-15-19-32(20-16-30)49-24-22-47-28-40(3,4)26-45)34-10-6-5-9-33(34)37-38(41)43-36-12-8-7-11-35(36)42-37;1-3-24-44-30-18-14-28(15-19-30)39(34-9-5-4-8-33(34)37-38(39)41-36-11-7-6-10-35(36)40-37)29-16-20-31(21-17-29)45-25-26-46-47(42,43)32-22-12-27(2)13-23-32;1-5(2,3-6)4-7;1-2-4-5-3-1;;/h5-20,44-45H,21-28H2,1-4H3;4-23H,3,24-26H2,1-2H3;6-7H,3-4H2,1-2H3;1-4H2;;/q;;;;+1;-1. The fourth-order valence-electron chi connectivity index (χ4n) is 13.0. The Morgan fingerprint density at radius 3 is 1.07 bits per heavy atom. The number of nitrogens with zero attached hydrogens (tertiary/aromatic N) is 4. The van der Waals surface area contributed by atoms with Crippen LogP contribution in [0.2, 0.25) is 0 Å². The largest absolute Gasteiger partial charge is 1.00 e. The Morgan fingerprint density at radius 2 is 0.743 bits per heavy atom. The maximum Gasteiger partial charge on any atom is 1.00 e. The Hall–Kier alpha value is -8.51. The fourth-order valence-corrected chi connectivity index (χ4v) is 13.9. The summed E-state index contributed by atoms with van der Waals surface area (Å²) in [6, 6.07) is 71.9. The summed E-state index contributed by atoms with van der Waals surface area (Å²) in [5.74, 6) is 2.90. The molecule has 11 aromatic rings. The number of fused-ring (bicyclic) bond motifs is 8. The van der Waals surface area contributed by atoms with Crippen LogP contribution in [0.25, 0.3) is 44.6 Å². The second-order valence-corrected chi connectivity index (χ2v) is 31.2. The smallest absolute Gasteiger partial charge is 1.00 e. The summed E-state index contributed by atoms with van der Waals surface area (Å²) in [7, 11) is -3.87. The molecule has 1 aliphatic heterocycles. The number of aliphatic hydroxyl groups excluding tert-OH is 4. The van der Waals surface area contributed by atoms with E-state index in [9.17, 15) is 18.6 Å². The van der Waals surface area contributed by atoms with Crippen molar-refractivity contribution >= 4 is 32.2 Å². The minimum Gasteiger partial charge on any atom is -1.00 e. The zero-order valence-electron chi connectivity index (χ0n) is 65.1. The summed E-state index contributed by atoms with van der Waals surface area (Å²) in [5.41, 5.74) is 13.9. The summed E-state index contributed by atoms with van der Waals surface area (Å²) in [4.78, 5) is 21.0. The first-order valence-electron chi connectivity index (χ1n) is 37.0. The maximum absolute atomic E-state index is 12.6. The summed E-state index contributed by atoms with van der Waals surface area (Å²) < 4.78 is 70.8. The molecule has 1 unspecified atom stereocenters. The Balaban J connectivity index is 0.000000216. The van der Waals surface area contributed by atoms with Gasteiger partial charge in [-0.25, -0.2) is 19.9 Å². The molecular formula is C89H101N4NaO14S. The van der Waals surface area contributed by atoms with Gasteiger partial charge < -0.3 is 55.0 Å². The van der Waals surface area contributed by atoms with Crippen LogP contribution >= 0.6 is 0 Å². The van der Waals surface area contributed by atoms with Crippen LogP contribution in [0, 0.1) is 23.2 Å². The molecule has 0 bridgehead atoms. The number of hydrogen-bond acceptors (Lipinski definition) is 18. The van der Waals surface area contributed by atoms with Crippen molar-refractivity contribution in [2.75, 3.05) is 99.1 Å². The van der Waals surface area contributed by atoms with Gasteiger partial charge in [0.25, 0.3) is 10.1 Å². The molecule has 0 radical (unpaired) electrons. The van der Waals surface area contributed by atoms with Crippen molar-refractivity contribution in [1.82, 2.24) is 19.9 Å². The van der Waals surface area contributed by atoms with E-state index in [0.717, 1.165) is 132 Å². The number of hydrogen-bond donors (Lipinski definition) is 4. The van der Waals surface area contributed by atoms with E-state index in [1.165, 1.54) is 12.8 Å². The molecule has 568 valence electrons. The quantitative estimate of drug-likeness (QED) is 0.0193. The molecule has 0 saturated carbocycles.